The predicted octanol–water partition coefficient (Wildman–Crippen LogP) is 2.17. The van der Waals surface area contributed by atoms with E-state index in [-0.39, 0.29) is 16.5 Å². The molecule has 5 nitrogen and oxygen atoms in total. The highest BCUT2D eigenvalue weighted by Gasteiger charge is 2.18. The highest BCUT2D eigenvalue weighted by molar-refractivity contribution is 7.89. The second-order valence-electron chi connectivity index (χ2n) is 4.53. The molecule has 20 heavy (non-hydrogen) atoms. The number of hydrogen-bond donors (Lipinski definition) is 1. The lowest BCUT2D eigenvalue weighted by Crippen LogP contribution is -2.24. The van der Waals surface area contributed by atoms with Crippen molar-refractivity contribution in [2.24, 2.45) is 7.05 Å². The fourth-order valence-electron chi connectivity index (χ4n) is 1.98. The summed E-state index contributed by atoms with van der Waals surface area (Å²) in [5, 5.41) is 4.47. The first-order valence-corrected chi connectivity index (χ1v) is 7.92. The number of nitrogens with one attached hydrogen (secondary N) is 1. The van der Waals surface area contributed by atoms with Crippen LogP contribution in [-0.2, 0) is 23.6 Å². The fourth-order valence-corrected chi connectivity index (χ4v) is 3.49. The molecule has 0 aliphatic rings. The number of sulfonamides is 1. The topological polar surface area (TPSA) is 64.0 Å². The summed E-state index contributed by atoms with van der Waals surface area (Å²) in [6.45, 7) is 3.95. The zero-order valence-electron chi connectivity index (χ0n) is 11.5. The highest BCUT2D eigenvalue weighted by atomic mass is 35.5. The van der Waals surface area contributed by atoms with Gasteiger partial charge in [0, 0.05) is 24.8 Å². The molecule has 0 atom stereocenters. The van der Waals surface area contributed by atoms with Crippen molar-refractivity contribution in [3.05, 3.63) is 46.2 Å². The van der Waals surface area contributed by atoms with Gasteiger partial charge in [-0.25, -0.2) is 13.1 Å². The first kappa shape index (κ1) is 15.0. The summed E-state index contributed by atoms with van der Waals surface area (Å²) in [6.07, 6.45) is 0. The smallest absolute Gasteiger partial charge is 0.242 e. The summed E-state index contributed by atoms with van der Waals surface area (Å²) in [4.78, 5) is 0.0841. The minimum atomic E-state index is -3.63. The maximum atomic E-state index is 12.2. The number of halogens is 1. The molecule has 0 aliphatic heterocycles. The Morgan fingerprint density at radius 2 is 1.95 bits per heavy atom. The van der Waals surface area contributed by atoms with Gasteiger partial charge in [0.25, 0.3) is 0 Å². The molecular weight excluding hydrogens is 298 g/mol. The van der Waals surface area contributed by atoms with E-state index in [0.717, 1.165) is 17.0 Å². The quantitative estimate of drug-likeness (QED) is 0.941. The Kier molecular flexibility index (Phi) is 4.17. The van der Waals surface area contributed by atoms with Crippen LogP contribution in [0.2, 0.25) is 5.02 Å². The molecule has 1 heterocycles. The van der Waals surface area contributed by atoms with Crippen LogP contribution in [0.5, 0.6) is 0 Å². The molecular formula is C13H16ClN3O2S. The molecule has 0 saturated heterocycles. The van der Waals surface area contributed by atoms with Crippen LogP contribution in [0.3, 0.4) is 0 Å². The third-order valence-corrected chi connectivity index (χ3v) is 5.13. The average Bonchev–Trinajstić information content (AvgIpc) is 2.61. The van der Waals surface area contributed by atoms with Crippen LogP contribution in [0.25, 0.3) is 0 Å². The largest absolute Gasteiger partial charge is 0.272 e. The molecule has 0 saturated carbocycles. The zero-order valence-corrected chi connectivity index (χ0v) is 13.1. The van der Waals surface area contributed by atoms with Crippen LogP contribution in [0, 0.1) is 13.8 Å². The van der Waals surface area contributed by atoms with Gasteiger partial charge in [-0.05, 0) is 26.0 Å². The lowest BCUT2D eigenvalue weighted by atomic mass is 10.2. The molecule has 0 radical (unpaired) electrons. The second-order valence-corrected chi connectivity index (χ2v) is 6.67. The highest BCUT2D eigenvalue weighted by Crippen LogP contribution is 2.21. The van der Waals surface area contributed by atoms with Crippen molar-refractivity contribution in [2.45, 2.75) is 25.3 Å². The molecule has 7 heteroatoms. The molecule has 108 valence electrons. The number of aromatic nitrogens is 2. The van der Waals surface area contributed by atoms with Gasteiger partial charge < -0.3 is 0 Å². The Morgan fingerprint density at radius 1 is 1.30 bits per heavy atom. The van der Waals surface area contributed by atoms with Crippen molar-refractivity contribution in [2.75, 3.05) is 0 Å². The van der Waals surface area contributed by atoms with Crippen LogP contribution in [-0.4, -0.2) is 18.2 Å². The molecule has 0 bridgehead atoms. The number of rotatable bonds is 4. The third kappa shape index (κ3) is 2.87. The Bertz CT molecular complexity index is 738. The average molecular weight is 314 g/mol. The summed E-state index contributed by atoms with van der Waals surface area (Å²) >= 11 is 5.92. The van der Waals surface area contributed by atoms with E-state index >= 15 is 0 Å². The number of nitrogens with zero attached hydrogens (tertiary/aromatic N) is 2. The van der Waals surface area contributed by atoms with Gasteiger partial charge >= 0.3 is 0 Å². The van der Waals surface area contributed by atoms with Gasteiger partial charge in [-0.1, -0.05) is 23.7 Å². The summed E-state index contributed by atoms with van der Waals surface area (Å²) < 4.78 is 28.8. The predicted molar refractivity (Wildman–Crippen MR) is 78.2 cm³/mol. The van der Waals surface area contributed by atoms with E-state index in [1.54, 1.807) is 22.9 Å². The van der Waals surface area contributed by atoms with Crippen LogP contribution < -0.4 is 4.72 Å². The van der Waals surface area contributed by atoms with E-state index < -0.39 is 10.0 Å². The molecule has 0 spiro atoms. The Hall–Kier alpha value is -1.37. The van der Waals surface area contributed by atoms with Gasteiger partial charge in [0.2, 0.25) is 10.0 Å². The fraction of sp³-hybridized carbons (Fsp3) is 0.308. The monoisotopic (exact) mass is 313 g/mol. The first-order valence-electron chi connectivity index (χ1n) is 6.06. The van der Waals surface area contributed by atoms with Gasteiger partial charge in [0.1, 0.15) is 4.90 Å². The minimum Gasteiger partial charge on any atom is -0.272 e. The molecule has 0 unspecified atom stereocenters. The Balaban J connectivity index is 2.24. The zero-order chi connectivity index (χ0) is 14.9. The van der Waals surface area contributed by atoms with E-state index in [9.17, 15) is 8.42 Å². The van der Waals surface area contributed by atoms with Gasteiger partial charge in [0.15, 0.2) is 0 Å². The van der Waals surface area contributed by atoms with Crippen molar-refractivity contribution >= 4 is 21.6 Å². The Morgan fingerprint density at radius 3 is 2.50 bits per heavy atom. The molecule has 2 rings (SSSR count). The van der Waals surface area contributed by atoms with Gasteiger partial charge in [-0.15, -0.1) is 0 Å². The number of hydrogen-bond acceptors (Lipinski definition) is 3. The summed E-state index contributed by atoms with van der Waals surface area (Å²) in [5.41, 5.74) is 2.62. The third-order valence-electron chi connectivity index (χ3n) is 3.22. The number of aryl methyl sites for hydroxylation is 2. The summed E-state index contributed by atoms with van der Waals surface area (Å²) in [6, 6.07) is 6.36. The van der Waals surface area contributed by atoms with E-state index in [2.05, 4.69) is 9.82 Å². The maximum Gasteiger partial charge on any atom is 0.242 e. The van der Waals surface area contributed by atoms with Gasteiger partial charge in [0.05, 0.1) is 10.7 Å². The lowest BCUT2D eigenvalue weighted by Gasteiger charge is -2.08. The van der Waals surface area contributed by atoms with Crippen molar-refractivity contribution in [3.63, 3.8) is 0 Å². The van der Waals surface area contributed by atoms with Crippen molar-refractivity contribution in [1.82, 2.24) is 14.5 Å². The van der Waals surface area contributed by atoms with E-state index in [1.165, 1.54) is 6.07 Å². The molecule has 2 aromatic rings. The normalized spacial score (nSPS) is 11.8. The van der Waals surface area contributed by atoms with Gasteiger partial charge in [-0.2, -0.15) is 5.10 Å². The lowest BCUT2D eigenvalue weighted by molar-refractivity contribution is 0.581. The van der Waals surface area contributed by atoms with Crippen LogP contribution in [0.1, 0.15) is 17.0 Å². The summed E-state index contributed by atoms with van der Waals surface area (Å²) in [5.74, 6) is 0. The Labute approximate surface area is 123 Å². The summed E-state index contributed by atoms with van der Waals surface area (Å²) in [7, 11) is -1.80. The minimum absolute atomic E-state index is 0.0841. The standard InChI is InChI=1S/C13H16ClN3O2S/c1-9-11(10(2)17(3)16-9)8-15-20(18,19)13-7-5-4-6-12(13)14/h4-7,15H,8H2,1-3H3. The van der Waals surface area contributed by atoms with E-state index in [0.29, 0.717) is 0 Å². The molecule has 0 amide bonds. The van der Waals surface area contributed by atoms with Crippen molar-refractivity contribution in [1.29, 1.82) is 0 Å². The van der Waals surface area contributed by atoms with Crippen molar-refractivity contribution in [3.8, 4) is 0 Å². The maximum absolute atomic E-state index is 12.2. The molecule has 0 aliphatic carbocycles. The van der Waals surface area contributed by atoms with Crippen LogP contribution >= 0.6 is 11.6 Å². The van der Waals surface area contributed by atoms with Crippen LogP contribution in [0.15, 0.2) is 29.2 Å². The van der Waals surface area contributed by atoms with Crippen LogP contribution in [0.4, 0.5) is 0 Å². The van der Waals surface area contributed by atoms with Crippen molar-refractivity contribution < 1.29 is 8.42 Å². The van der Waals surface area contributed by atoms with Gasteiger partial charge in [-0.3, -0.25) is 4.68 Å². The number of benzene rings is 1. The molecule has 1 N–H and O–H groups in total. The first-order chi connectivity index (χ1) is 9.33. The molecule has 1 aromatic carbocycles. The van der Waals surface area contributed by atoms with E-state index in [4.69, 9.17) is 11.6 Å². The second kappa shape index (κ2) is 5.55. The molecule has 1 aromatic heterocycles. The molecule has 0 fully saturated rings. The SMILES string of the molecule is Cc1nn(C)c(C)c1CNS(=O)(=O)c1ccccc1Cl. The van der Waals surface area contributed by atoms with E-state index in [1.807, 2.05) is 20.9 Å².